The van der Waals surface area contributed by atoms with Gasteiger partial charge >= 0.3 is 0 Å². The van der Waals surface area contributed by atoms with Gasteiger partial charge in [-0.3, -0.25) is 0 Å². The van der Waals surface area contributed by atoms with E-state index in [1.807, 2.05) is 0 Å². The normalized spacial score (nSPS) is 26.7. The average Bonchev–Trinajstić information content (AvgIpc) is 2.81. The van der Waals surface area contributed by atoms with Crippen LogP contribution in [0.2, 0.25) is 0 Å². The van der Waals surface area contributed by atoms with Crippen LogP contribution in [-0.2, 0) is 0 Å². The number of nitrogens with zero attached hydrogens (tertiary/aromatic N) is 2. The zero-order valence-electron chi connectivity index (χ0n) is 30.1. The first-order valence-corrected chi connectivity index (χ1v) is 16.9. The van der Waals surface area contributed by atoms with Crippen molar-refractivity contribution in [1.82, 2.24) is 9.80 Å². The Balaban J connectivity index is -0.000000548. The van der Waals surface area contributed by atoms with E-state index in [-0.39, 0.29) is 24.8 Å². The molecule has 0 radical (unpaired) electrons. The van der Waals surface area contributed by atoms with E-state index >= 15 is 0 Å². The number of unbranched alkanes of at least 4 members (excludes halogenated alkanes) is 3. The summed E-state index contributed by atoms with van der Waals surface area (Å²) in [6.45, 7) is 24.0. The fraction of sp³-hybridized carbons (Fsp3) is 1.00. The maximum absolute atomic E-state index is 2.48. The van der Waals surface area contributed by atoms with Gasteiger partial charge in [0.1, 0.15) is 0 Å². The third-order valence-corrected chi connectivity index (χ3v) is 10.9. The van der Waals surface area contributed by atoms with Gasteiger partial charge in [-0.05, 0) is 115 Å². The fourth-order valence-electron chi connectivity index (χ4n) is 7.28. The Kier molecular flexibility index (Phi) is 25.8. The van der Waals surface area contributed by atoms with Crippen LogP contribution in [0.1, 0.15) is 159 Å². The lowest BCUT2D eigenvalue weighted by Crippen LogP contribution is -2.35. The molecule has 246 valence electrons. The van der Waals surface area contributed by atoms with Gasteiger partial charge in [-0.1, -0.05) is 107 Å². The Morgan fingerprint density at radius 1 is 0.625 bits per heavy atom. The van der Waals surface area contributed by atoms with Gasteiger partial charge in [0.2, 0.25) is 0 Å². The summed E-state index contributed by atoms with van der Waals surface area (Å²) in [6, 6.07) is 1.45. The first-order valence-electron chi connectivity index (χ1n) is 16.9. The van der Waals surface area contributed by atoms with Crippen molar-refractivity contribution >= 4 is 24.8 Å². The Morgan fingerprint density at radius 3 is 1.15 bits per heavy atom. The van der Waals surface area contributed by atoms with Crippen molar-refractivity contribution in [1.29, 1.82) is 0 Å². The molecule has 0 aliphatic heterocycles. The van der Waals surface area contributed by atoms with Gasteiger partial charge in [0.05, 0.1) is 0 Å². The highest BCUT2D eigenvalue weighted by Crippen LogP contribution is 2.47. The van der Waals surface area contributed by atoms with Gasteiger partial charge in [0.15, 0.2) is 0 Å². The van der Waals surface area contributed by atoms with Crippen LogP contribution in [0.3, 0.4) is 0 Å². The van der Waals surface area contributed by atoms with Gasteiger partial charge in [-0.25, -0.2) is 0 Å². The summed E-state index contributed by atoms with van der Waals surface area (Å²) in [4.78, 5) is 4.70. The first kappa shape index (κ1) is 44.9. The van der Waals surface area contributed by atoms with Crippen molar-refractivity contribution in [3.05, 3.63) is 0 Å². The van der Waals surface area contributed by atoms with Crippen molar-refractivity contribution in [3.8, 4) is 0 Å². The molecule has 2 rings (SSSR count). The summed E-state index contributed by atoms with van der Waals surface area (Å²) in [6.07, 6.45) is 19.7. The molecule has 2 nitrogen and oxygen atoms in total. The van der Waals surface area contributed by atoms with Gasteiger partial charge in [-0.15, -0.1) is 24.8 Å². The Hall–Kier alpha value is 0.500. The maximum atomic E-state index is 2.48. The molecule has 0 heterocycles. The molecule has 0 amide bonds. The van der Waals surface area contributed by atoms with E-state index in [0.29, 0.717) is 10.8 Å². The molecule has 0 N–H and O–H groups in total. The molecular weight excluding hydrogens is 531 g/mol. The minimum absolute atomic E-state index is 0. The van der Waals surface area contributed by atoms with Crippen LogP contribution in [0.15, 0.2) is 0 Å². The number of hydrogen-bond acceptors (Lipinski definition) is 2. The lowest BCUT2D eigenvalue weighted by Gasteiger charge is -2.43. The third-order valence-electron chi connectivity index (χ3n) is 10.9. The van der Waals surface area contributed by atoms with Crippen LogP contribution in [0.25, 0.3) is 0 Å². The molecule has 0 aromatic rings. The van der Waals surface area contributed by atoms with E-state index in [1.54, 1.807) is 0 Å². The summed E-state index contributed by atoms with van der Waals surface area (Å²) >= 11 is 0. The number of halogens is 2. The van der Waals surface area contributed by atoms with Gasteiger partial charge < -0.3 is 9.80 Å². The maximum Gasteiger partial charge on any atom is 0.00609 e. The summed E-state index contributed by atoms with van der Waals surface area (Å²) in [5.74, 6) is 3.73. The summed E-state index contributed by atoms with van der Waals surface area (Å²) in [7, 11) is 8.78. The fourth-order valence-corrected chi connectivity index (χ4v) is 7.28. The highest BCUT2D eigenvalue weighted by molar-refractivity contribution is 5.85. The van der Waals surface area contributed by atoms with Crippen molar-refractivity contribution < 1.29 is 0 Å². The third kappa shape index (κ3) is 17.6. The standard InChI is InChI=1S/2C15H31N.C6H14.2ClH/c2*1-12-8-7-11-15(3,4)14(12)10-9-13(2)16(5)6;1-3-5-6-4-2;;/h2*12-14H,7-11H2,1-6H3;3-6H2,1-2H3;2*1H. The van der Waals surface area contributed by atoms with E-state index in [1.165, 1.54) is 89.9 Å². The Bertz CT molecular complexity index is 525. The second kappa shape index (κ2) is 23.0. The van der Waals surface area contributed by atoms with Crippen LogP contribution >= 0.6 is 24.8 Å². The molecule has 0 spiro atoms. The molecule has 40 heavy (non-hydrogen) atoms. The molecule has 0 aromatic carbocycles. The molecule has 6 atom stereocenters. The smallest absolute Gasteiger partial charge is 0.00609 e. The van der Waals surface area contributed by atoms with Gasteiger partial charge in [0, 0.05) is 12.1 Å². The van der Waals surface area contributed by atoms with E-state index in [0.717, 1.165) is 35.8 Å². The molecule has 0 bridgehead atoms. The minimum Gasteiger partial charge on any atom is -0.307 e. The van der Waals surface area contributed by atoms with E-state index in [4.69, 9.17) is 0 Å². The molecule has 2 aliphatic carbocycles. The highest BCUT2D eigenvalue weighted by Gasteiger charge is 2.37. The number of hydrogen-bond donors (Lipinski definition) is 0. The molecule has 2 aliphatic rings. The van der Waals surface area contributed by atoms with Crippen LogP contribution in [0.5, 0.6) is 0 Å². The predicted octanol–water partition coefficient (Wildman–Crippen LogP) is 11.8. The van der Waals surface area contributed by atoms with Crippen LogP contribution in [0.4, 0.5) is 0 Å². The zero-order chi connectivity index (χ0) is 29.5. The molecule has 4 heteroatoms. The quantitative estimate of drug-likeness (QED) is 0.215. The molecule has 2 saturated carbocycles. The number of rotatable bonds is 11. The highest BCUT2D eigenvalue weighted by atomic mass is 35.5. The predicted molar refractivity (Wildman–Crippen MR) is 190 cm³/mol. The van der Waals surface area contributed by atoms with Crippen molar-refractivity contribution in [2.75, 3.05) is 28.2 Å². The lowest BCUT2D eigenvalue weighted by atomic mass is 9.62. The second-order valence-corrected chi connectivity index (χ2v) is 15.4. The first-order chi connectivity index (χ1) is 17.6. The van der Waals surface area contributed by atoms with E-state index in [9.17, 15) is 0 Å². The SMILES string of the molecule is CC1CCCC(C)(C)C1CCC(C)N(C)C.CC1CCCC(C)(C)C1CCC(C)N(C)C.CCCCCC.Cl.Cl. The summed E-state index contributed by atoms with van der Waals surface area (Å²) in [5.41, 5.74) is 1.15. The largest absolute Gasteiger partial charge is 0.307 e. The van der Waals surface area contributed by atoms with E-state index < -0.39 is 0 Å². The summed E-state index contributed by atoms with van der Waals surface area (Å²) in [5, 5.41) is 0. The van der Waals surface area contributed by atoms with Crippen molar-refractivity contribution in [2.45, 2.75) is 171 Å². The summed E-state index contributed by atoms with van der Waals surface area (Å²) < 4.78 is 0. The molecule has 0 aromatic heterocycles. The van der Waals surface area contributed by atoms with Crippen LogP contribution in [-0.4, -0.2) is 50.1 Å². The monoisotopic (exact) mass is 609 g/mol. The molecule has 0 saturated heterocycles. The molecule has 2 fully saturated rings. The topological polar surface area (TPSA) is 6.48 Å². The molecule has 6 unspecified atom stereocenters. The lowest BCUT2D eigenvalue weighted by molar-refractivity contribution is 0.0687. The minimum atomic E-state index is 0. The zero-order valence-corrected chi connectivity index (χ0v) is 31.7. The Labute approximate surface area is 267 Å². The van der Waals surface area contributed by atoms with Crippen molar-refractivity contribution in [2.24, 2.45) is 34.5 Å². The Morgan fingerprint density at radius 2 is 0.925 bits per heavy atom. The average molecular weight is 610 g/mol. The van der Waals surface area contributed by atoms with Gasteiger partial charge in [-0.2, -0.15) is 0 Å². The van der Waals surface area contributed by atoms with Crippen LogP contribution in [0, 0.1) is 34.5 Å². The molecular formula is C36H78Cl2N2. The van der Waals surface area contributed by atoms with Gasteiger partial charge in [0.25, 0.3) is 0 Å². The van der Waals surface area contributed by atoms with Crippen molar-refractivity contribution in [3.63, 3.8) is 0 Å². The van der Waals surface area contributed by atoms with Crippen LogP contribution < -0.4 is 0 Å². The van der Waals surface area contributed by atoms with E-state index in [2.05, 4.69) is 107 Å². The second-order valence-electron chi connectivity index (χ2n) is 15.4.